The first kappa shape index (κ1) is 20.0. The molecule has 0 bridgehead atoms. The molecule has 0 aliphatic carbocycles. The fraction of sp³-hybridized carbons (Fsp3) is 0.211. The highest BCUT2D eigenvalue weighted by Gasteiger charge is 2.32. The highest BCUT2D eigenvalue weighted by Crippen LogP contribution is 2.38. The van der Waals surface area contributed by atoms with E-state index in [1.54, 1.807) is 19.9 Å². The first-order chi connectivity index (χ1) is 14.3. The summed E-state index contributed by atoms with van der Waals surface area (Å²) >= 11 is 0. The minimum absolute atomic E-state index is 0.0109. The van der Waals surface area contributed by atoms with Crippen molar-refractivity contribution in [1.82, 2.24) is 15.0 Å². The van der Waals surface area contributed by atoms with Gasteiger partial charge in [0.15, 0.2) is 0 Å². The summed E-state index contributed by atoms with van der Waals surface area (Å²) in [6.07, 6.45) is 0. The van der Waals surface area contributed by atoms with Crippen LogP contribution in [0.25, 0.3) is 0 Å². The van der Waals surface area contributed by atoms with Crippen LogP contribution < -0.4 is 10.0 Å². The van der Waals surface area contributed by atoms with Crippen LogP contribution in [0.2, 0.25) is 0 Å². The molecule has 1 atom stereocenters. The van der Waals surface area contributed by atoms with Crippen LogP contribution >= 0.6 is 0 Å². The van der Waals surface area contributed by atoms with Crippen LogP contribution in [0, 0.1) is 18.6 Å². The number of nitrogens with zero attached hydrogens (tertiary/aromatic N) is 3. The van der Waals surface area contributed by atoms with Gasteiger partial charge in [-0.25, -0.2) is 31.5 Å². The Hall–Kier alpha value is -3.34. The van der Waals surface area contributed by atoms with E-state index in [9.17, 15) is 17.2 Å². The molecule has 2 aromatic carbocycles. The van der Waals surface area contributed by atoms with Gasteiger partial charge in [-0.2, -0.15) is 0 Å². The van der Waals surface area contributed by atoms with E-state index in [2.05, 4.69) is 30.0 Å². The van der Waals surface area contributed by atoms with Gasteiger partial charge in [0.2, 0.25) is 5.96 Å². The van der Waals surface area contributed by atoms with Crippen molar-refractivity contribution >= 4 is 21.7 Å². The van der Waals surface area contributed by atoms with Gasteiger partial charge in [-0.15, -0.1) is 0 Å². The highest BCUT2D eigenvalue weighted by molar-refractivity contribution is 7.90. The topological polar surface area (TPSA) is 109 Å². The number of halogens is 2. The van der Waals surface area contributed by atoms with Gasteiger partial charge in [0.05, 0.1) is 12.2 Å². The van der Waals surface area contributed by atoms with Crippen molar-refractivity contribution in [3.63, 3.8) is 0 Å². The lowest BCUT2D eigenvalue weighted by Gasteiger charge is -2.26. The zero-order valence-electron chi connectivity index (χ0n) is 16.0. The minimum atomic E-state index is -4.02. The smallest absolute Gasteiger partial charge is 0.266 e. The number of aromatic nitrogens is 2. The summed E-state index contributed by atoms with van der Waals surface area (Å²) in [4.78, 5) is 4.01. The van der Waals surface area contributed by atoms with E-state index in [-0.39, 0.29) is 34.2 Å². The molecule has 8 nitrogen and oxygen atoms in total. The second-order valence-corrected chi connectivity index (χ2v) is 8.42. The summed E-state index contributed by atoms with van der Waals surface area (Å²) in [5.74, 6) is -2.05. The van der Waals surface area contributed by atoms with Crippen LogP contribution in [0.1, 0.15) is 35.4 Å². The molecule has 2 N–H and O–H groups in total. The SMILES string of the molecule is Cc1nonc1CN=C1Nc2c(ccc(F)c2[C@H](C)c2ccccc2F)S(=O)(=O)N1. The summed E-state index contributed by atoms with van der Waals surface area (Å²) < 4.78 is 61.5. The van der Waals surface area contributed by atoms with Gasteiger partial charge in [0.25, 0.3) is 10.0 Å². The van der Waals surface area contributed by atoms with Crippen LogP contribution in [0.4, 0.5) is 14.5 Å². The van der Waals surface area contributed by atoms with E-state index in [1.165, 1.54) is 18.2 Å². The molecule has 0 spiro atoms. The molecule has 156 valence electrons. The van der Waals surface area contributed by atoms with Crippen molar-refractivity contribution in [3.8, 4) is 0 Å². The normalized spacial score (nSPS) is 17.1. The maximum atomic E-state index is 14.8. The van der Waals surface area contributed by atoms with E-state index in [1.807, 2.05) is 0 Å². The standard InChI is InChI=1S/C19H17F2N5O3S/c1-10(12-5-3-4-6-13(12)20)17-14(21)7-8-16-18(17)23-19(26-30(16,27)28)22-9-15-11(2)24-29-25-15/h3-8,10H,9H2,1-2H3,(H2,22,23,26)/t10-/m1/s1. The summed E-state index contributed by atoms with van der Waals surface area (Å²) in [6.45, 7) is 3.26. The zero-order valence-corrected chi connectivity index (χ0v) is 16.8. The molecule has 0 saturated heterocycles. The number of benzene rings is 2. The molecule has 0 amide bonds. The molecule has 3 aromatic rings. The van der Waals surface area contributed by atoms with Gasteiger partial charge in [0, 0.05) is 11.5 Å². The fourth-order valence-electron chi connectivity index (χ4n) is 3.28. The number of hydrogen-bond acceptors (Lipinski definition) is 6. The highest BCUT2D eigenvalue weighted by atomic mass is 32.2. The molecular formula is C19H17F2N5O3S. The fourth-order valence-corrected chi connectivity index (χ4v) is 4.43. The largest absolute Gasteiger partial charge is 0.324 e. The van der Waals surface area contributed by atoms with Crippen molar-refractivity contribution in [1.29, 1.82) is 0 Å². The molecule has 0 radical (unpaired) electrons. The number of anilines is 1. The number of nitrogens with one attached hydrogen (secondary N) is 2. The molecule has 0 fully saturated rings. The number of fused-ring (bicyclic) bond motifs is 1. The van der Waals surface area contributed by atoms with Gasteiger partial charge in [-0.1, -0.05) is 35.4 Å². The number of aryl methyl sites for hydroxylation is 1. The van der Waals surface area contributed by atoms with E-state index >= 15 is 0 Å². The molecule has 1 aliphatic rings. The van der Waals surface area contributed by atoms with Gasteiger partial charge in [0.1, 0.15) is 27.9 Å². The predicted octanol–water partition coefficient (Wildman–Crippen LogP) is 3.07. The predicted molar refractivity (Wildman–Crippen MR) is 104 cm³/mol. The maximum absolute atomic E-state index is 14.8. The molecule has 1 aromatic heterocycles. The Kier molecular flexibility index (Phi) is 4.98. The summed E-state index contributed by atoms with van der Waals surface area (Å²) in [5, 5.41) is 10.2. The quantitative estimate of drug-likeness (QED) is 0.655. The Morgan fingerprint density at radius 1 is 1.13 bits per heavy atom. The number of hydrogen-bond donors (Lipinski definition) is 2. The molecule has 1 aliphatic heterocycles. The molecule has 11 heteroatoms. The van der Waals surface area contributed by atoms with Crippen molar-refractivity contribution in [2.24, 2.45) is 4.99 Å². The number of rotatable bonds is 4. The lowest BCUT2D eigenvalue weighted by Crippen LogP contribution is -2.41. The summed E-state index contributed by atoms with van der Waals surface area (Å²) in [7, 11) is -4.02. The molecule has 30 heavy (non-hydrogen) atoms. The van der Waals surface area contributed by atoms with Crippen LogP contribution in [-0.4, -0.2) is 24.7 Å². The van der Waals surface area contributed by atoms with Crippen LogP contribution in [-0.2, 0) is 16.6 Å². The lowest BCUT2D eigenvalue weighted by atomic mass is 9.91. The summed E-state index contributed by atoms with van der Waals surface area (Å²) in [6, 6.07) is 8.17. The number of guanidine groups is 1. The monoisotopic (exact) mass is 433 g/mol. The van der Waals surface area contributed by atoms with Gasteiger partial charge < -0.3 is 5.32 Å². The Morgan fingerprint density at radius 3 is 2.60 bits per heavy atom. The first-order valence-corrected chi connectivity index (χ1v) is 10.5. The average Bonchev–Trinajstić information content (AvgIpc) is 3.10. The Balaban J connectivity index is 1.79. The molecular weight excluding hydrogens is 416 g/mol. The molecule has 2 heterocycles. The second kappa shape index (κ2) is 7.48. The van der Waals surface area contributed by atoms with Crippen molar-refractivity contribution < 1.29 is 21.8 Å². The maximum Gasteiger partial charge on any atom is 0.266 e. The molecule has 0 unspecified atom stereocenters. The third-order valence-electron chi connectivity index (χ3n) is 4.86. The third kappa shape index (κ3) is 3.52. The van der Waals surface area contributed by atoms with E-state index in [4.69, 9.17) is 0 Å². The molecule has 0 saturated carbocycles. The Morgan fingerprint density at radius 2 is 1.90 bits per heavy atom. The summed E-state index contributed by atoms with van der Waals surface area (Å²) in [5.41, 5.74) is 1.21. The van der Waals surface area contributed by atoms with Crippen LogP contribution in [0.15, 0.2) is 50.9 Å². The van der Waals surface area contributed by atoms with E-state index in [0.717, 1.165) is 12.1 Å². The zero-order chi connectivity index (χ0) is 21.5. The first-order valence-electron chi connectivity index (χ1n) is 8.97. The Bertz CT molecular complexity index is 1260. The molecule has 4 rings (SSSR count). The average molecular weight is 433 g/mol. The minimum Gasteiger partial charge on any atom is -0.324 e. The van der Waals surface area contributed by atoms with Gasteiger partial charge in [-0.05, 0) is 30.7 Å². The second-order valence-electron chi connectivity index (χ2n) is 6.77. The van der Waals surface area contributed by atoms with E-state index < -0.39 is 27.6 Å². The van der Waals surface area contributed by atoms with Gasteiger partial charge >= 0.3 is 0 Å². The van der Waals surface area contributed by atoms with Crippen LogP contribution in [0.5, 0.6) is 0 Å². The van der Waals surface area contributed by atoms with Crippen molar-refractivity contribution in [2.45, 2.75) is 31.2 Å². The number of sulfonamides is 1. The van der Waals surface area contributed by atoms with Gasteiger partial charge in [-0.3, -0.25) is 0 Å². The Labute approximate surface area is 171 Å². The van der Waals surface area contributed by atoms with Crippen LogP contribution in [0.3, 0.4) is 0 Å². The van der Waals surface area contributed by atoms with E-state index in [0.29, 0.717) is 11.4 Å². The van der Waals surface area contributed by atoms with Crippen molar-refractivity contribution in [3.05, 3.63) is 70.5 Å². The lowest BCUT2D eigenvalue weighted by molar-refractivity contribution is 0.301. The van der Waals surface area contributed by atoms with Crippen molar-refractivity contribution in [2.75, 3.05) is 5.32 Å². The number of aliphatic imine (C=N–C) groups is 1. The third-order valence-corrected chi connectivity index (χ3v) is 6.24.